The summed E-state index contributed by atoms with van der Waals surface area (Å²) in [7, 11) is 0. The number of aliphatic imine (C=N–C) groups is 1. The van der Waals surface area contributed by atoms with Crippen LogP contribution in [-0.4, -0.2) is 65.5 Å². The van der Waals surface area contributed by atoms with Crippen LogP contribution >= 0.6 is 0 Å². The monoisotopic (exact) mass is 505 g/mol. The molecule has 10 N–H and O–H groups in total. The average Bonchev–Trinajstić information content (AvgIpc) is 2.79. The molecule has 0 radical (unpaired) electrons. The quantitative estimate of drug-likeness (QED) is 0.0908. The Morgan fingerprint density at radius 2 is 1.44 bits per heavy atom. The molecular formula is C24H39N7O5. The molecular weight excluding hydrogens is 466 g/mol. The van der Waals surface area contributed by atoms with Gasteiger partial charge in [0.15, 0.2) is 5.96 Å². The number of nitrogens with zero attached hydrogens (tertiary/aromatic N) is 1. The lowest BCUT2D eigenvalue weighted by atomic mass is 10.0. The first-order chi connectivity index (χ1) is 16.9. The summed E-state index contributed by atoms with van der Waals surface area (Å²) in [5.41, 5.74) is 17.0. The summed E-state index contributed by atoms with van der Waals surface area (Å²) in [6.07, 6.45) is 0.876. The highest BCUT2D eigenvalue weighted by atomic mass is 16.4. The highest BCUT2D eigenvalue weighted by molar-refractivity contribution is 5.94. The predicted octanol–water partition coefficient (Wildman–Crippen LogP) is -0.785. The topological polar surface area (TPSA) is 215 Å². The van der Waals surface area contributed by atoms with Crippen LogP contribution in [0.3, 0.4) is 0 Å². The van der Waals surface area contributed by atoms with E-state index < -0.39 is 47.9 Å². The number of nitrogens with one attached hydrogen (secondary N) is 3. The van der Waals surface area contributed by atoms with Gasteiger partial charge >= 0.3 is 5.97 Å². The van der Waals surface area contributed by atoms with E-state index in [2.05, 4.69) is 20.9 Å². The van der Waals surface area contributed by atoms with Crippen LogP contribution in [0.15, 0.2) is 35.3 Å². The standard InChI is InChI=1S/C24H39N7O5/c1-14(2)12-18(21(33)29-17(23(35)36)10-7-11-28-24(26)27)31-22(34)19(30-20(32)15(3)25)13-16-8-5-4-6-9-16/h4-6,8-9,14-15,17-19H,7,10-13,25H2,1-3H3,(H,29,33)(H,30,32)(H,31,34)(H,35,36)(H4,26,27,28)/t15-,17+,18-,19+/m1/s1. The molecule has 0 saturated carbocycles. The molecule has 4 atom stereocenters. The first kappa shape index (κ1) is 30.4. The number of carboxylic acid groups (broad SMARTS) is 1. The molecule has 200 valence electrons. The maximum Gasteiger partial charge on any atom is 0.326 e. The minimum atomic E-state index is -1.21. The van der Waals surface area contributed by atoms with Crippen LogP contribution < -0.4 is 33.2 Å². The maximum absolute atomic E-state index is 13.2. The Balaban J connectivity index is 2.99. The van der Waals surface area contributed by atoms with Gasteiger partial charge in [-0.25, -0.2) is 4.79 Å². The van der Waals surface area contributed by atoms with Crippen molar-refractivity contribution in [2.24, 2.45) is 28.1 Å². The Bertz CT molecular complexity index is 901. The highest BCUT2D eigenvalue weighted by Crippen LogP contribution is 2.09. The van der Waals surface area contributed by atoms with Crippen LogP contribution in [-0.2, 0) is 25.6 Å². The molecule has 0 aromatic heterocycles. The van der Waals surface area contributed by atoms with Crippen LogP contribution in [0.25, 0.3) is 0 Å². The Hall–Kier alpha value is -3.67. The molecule has 0 aliphatic carbocycles. The minimum absolute atomic E-state index is 0.0115. The van der Waals surface area contributed by atoms with Crippen molar-refractivity contribution in [1.82, 2.24) is 16.0 Å². The van der Waals surface area contributed by atoms with E-state index in [0.29, 0.717) is 6.42 Å². The Labute approximate surface area is 211 Å². The third-order valence-corrected chi connectivity index (χ3v) is 5.23. The highest BCUT2D eigenvalue weighted by Gasteiger charge is 2.30. The fraction of sp³-hybridized carbons (Fsp3) is 0.542. The lowest BCUT2D eigenvalue weighted by Crippen LogP contribution is -2.57. The fourth-order valence-electron chi connectivity index (χ4n) is 3.37. The summed E-state index contributed by atoms with van der Waals surface area (Å²) in [4.78, 5) is 53.9. The van der Waals surface area contributed by atoms with Crippen LogP contribution in [0.4, 0.5) is 0 Å². The molecule has 0 aliphatic rings. The van der Waals surface area contributed by atoms with E-state index in [0.717, 1.165) is 5.56 Å². The molecule has 36 heavy (non-hydrogen) atoms. The van der Waals surface area contributed by atoms with Crippen LogP contribution in [0.1, 0.15) is 45.6 Å². The second-order valence-corrected chi connectivity index (χ2v) is 9.08. The second kappa shape index (κ2) is 15.4. The number of benzene rings is 1. The number of hydrogen-bond donors (Lipinski definition) is 7. The number of amides is 3. The Morgan fingerprint density at radius 1 is 0.889 bits per heavy atom. The summed E-state index contributed by atoms with van der Waals surface area (Å²) >= 11 is 0. The molecule has 0 spiro atoms. The van der Waals surface area contributed by atoms with E-state index in [4.69, 9.17) is 17.2 Å². The predicted molar refractivity (Wildman–Crippen MR) is 137 cm³/mol. The van der Waals surface area contributed by atoms with Crippen molar-refractivity contribution in [2.45, 2.75) is 70.6 Å². The Morgan fingerprint density at radius 3 is 1.97 bits per heavy atom. The molecule has 3 amide bonds. The third kappa shape index (κ3) is 11.6. The van der Waals surface area contributed by atoms with Gasteiger partial charge in [0.2, 0.25) is 17.7 Å². The van der Waals surface area contributed by atoms with Gasteiger partial charge in [-0.2, -0.15) is 0 Å². The molecule has 1 aromatic rings. The molecule has 0 saturated heterocycles. The maximum atomic E-state index is 13.2. The van der Waals surface area contributed by atoms with E-state index in [9.17, 15) is 24.3 Å². The molecule has 0 bridgehead atoms. The van der Waals surface area contributed by atoms with E-state index in [1.165, 1.54) is 6.92 Å². The van der Waals surface area contributed by atoms with Crippen molar-refractivity contribution in [3.8, 4) is 0 Å². The van der Waals surface area contributed by atoms with Crippen molar-refractivity contribution >= 4 is 29.7 Å². The zero-order chi connectivity index (χ0) is 27.3. The van der Waals surface area contributed by atoms with Crippen LogP contribution in [0, 0.1) is 5.92 Å². The summed E-state index contributed by atoms with van der Waals surface area (Å²) in [6.45, 7) is 5.46. The zero-order valence-corrected chi connectivity index (χ0v) is 21.1. The van der Waals surface area contributed by atoms with Crippen molar-refractivity contribution in [2.75, 3.05) is 6.54 Å². The van der Waals surface area contributed by atoms with Gasteiger partial charge in [0, 0.05) is 13.0 Å². The van der Waals surface area contributed by atoms with Crippen LogP contribution in [0.5, 0.6) is 0 Å². The minimum Gasteiger partial charge on any atom is -0.480 e. The number of nitrogens with two attached hydrogens (primary N) is 3. The summed E-state index contributed by atoms with van der Waals surface area (Å²) in [5, 5.41) is 17.3. The van der Waals surface area contributed by atoms with E-state index in [1.54, 1.807) is 0 Å². The van der Waals surface area contributed by atoms with E-state index >= 15 is 0 Å². The SMILES string of the molecule is CC(C)C[C@@H](NC(=O)[C@H](Cc1ccccc1)NC(=O)[C@@H](C)N)C(=O)N[C@@H](CCCN=C(N)N)C(=O)O. The Kier molecular flexibility index (Phi) is 12.9. The summed E-state index contributed by atoms with van der Waals surface area (Å²) < 4.78 is 0. The van der Waals surface area contributed by atoms with Gasteiger partial charge in [0.05, 0.1) is 6.04 Å². The van der Waals surface area contributed by atoms with E-state index in [-0.39, 0.29) is 37.7 Å². The van der Waals surface area contributed by atoms with Crippen LogP contribution in [0.2, 0.25) is 0 Å². The van der Waals surface area contributed by atoms with Crippen molar-refractivity contribution in [1.29, 1.82) is 0 Å². The number of carbonyl (C=O) groups excluding carboxylic acids is 3. The molecule has 1 rings (SSSR count). The average molecular weight is 506 g/mol. The second-order valence-electron chi connectivity index (χ2n) is 9.08. The number of rotatable bonds is 15. The smallest absolute Gasteiger partial charge is 0.326 e. The van der Waals surface area contributed by atoms with Crippen molar-refractivity contribution in [3.05, 3.63) is 35.9 Å². The normalized spacial score (nSPS) is 14.1. The first-order valence-electron chi connectivity index (χ1n) is 11.9. The van der Waals surface area contributed by atoms with Gasteiger partial charge in [0.25, 0.3) is 0 Å². The summed E-state index contributed by atoms with van der Waals surface area (Å²) in [6, 6.07) is 5.08. The molecule has 0 fully saturated rings. The largest absolute Gasteiger partial charge is 0.480 e. The van der Waals surface area contributed by atoms with Crippen molar-refractivity contribution < 1.29 is 24.3 Å². The van der Waals surface area contributed by atoms with Gasteiger partial charge in [-0.1, -0.05) is 44.2 Å². The number of carboxylic acids is 1. The molecule has 1 aromatic carbocycles. The molecule has 12 heteroatoms. The molecule has 0 unspecified atom stereocenters. The lowest BCUT2D eigenvalue weighted by Gasteiger charge is -2.26. The van der Waals surface area contributed by atoms with Gasteiger partial charge < -0.3 is 38.3 Å². The number of carbonyl (C=O) groups is 4. The molecule has 0 heterocycles. The number of guanidine groups is 1. The molecule has 0 aliphatic heterocycles. The number of aliphatic carboxylic acids is 1. The third-order valence-electron chi connectivity index (χ3n) is 5.23. The summed E-state index contributed by atoms with van der Waals surface area (Å²) in [5.74, 6) is -3.03. The van der Waals surface area contributed by atoms with Gasteiger partial charge in [0.1, 0.15) is 18.1 Å². The van der Waals surface area contributed by atoms with E-state index in [1.807, 2.05) is 44.2 Å². The van der Waals surface area contributed by atoms with Gasteiger partial charge in [-0.15, -0.1) is 0 Å². The first-order valence-corrected chi connectivity index (χ1v) is 11.9. The fourth-order valence-corrected chi connectivity index (χ4v) is 3.37. The van der Waals surface area contributed by atoms with Gasteiger partial charge in [-0.05, 0) is 37.7 Å². The van der Waals surface area contributed by atoms with Gasteiger partial charge in [-0.3, -0.25) is 19.4 Å². The number of hydrogen-bond acceptors (Lipinski definition) is 6. The van der Waals surface area contributed by atoms with Crippen molar-refractivity contribution in [3.63, 3.8) is 0 Å². The molecule has 12 nitrogen and oxygen atoms in total. The zero-order valence-electron chi connectivity index (χ0n) is 21.1. The lowest BCUT2D eigenvalue weighted by molar-refractivity contribution is -0.142.